The Morgan fingerprint density at radius 2 is 2.20 bits per heavy atom. The van der Waals surface area contributed by atoms with Gasteiger partial charge >= 0.3 is 0 Å². The molecule has 1 saturated carbocycles. The van der Waals surface area contributed by atoms with E-state index in [1.54, 1.807) is 20.1 Å². The van der Waals surface area contributed by atoms with Gasteiger partial charge in [-0.15, -0.1) is 0 Å². The average Bonchev–Trinajstić information content (AvgIpc) is 2.43. The Bertz CT molecular complexity index is 505. The number of anilines is 1. The van der Waals surface area contributed by atoms with Crippen LogP contribution >= 0.6 is 0 Å². The van der Waals surface area contributed by atoms with Crippen molar-refractivity contribution in [3.63, 3.8) is 0 Å². The number of amides is 1. The summed E-state index contributed by atoms with van der Waals surface area (Å²) in [5, 5.41) is 3.32. The van der Waals surface area contributed by atoms with Crippen LogP contribution in [0.4, 0.5) is 10.1 Å². The molecule has 110 valence electrons. The second kappa shape index (κ2) is 6.22. The monoisotopic (exact) mass is 280 g/mol. The van der Waals surface area contributed by atoms with Gasteiger partial charge < -0.3 is 15.8 Å². The van der Waals surface area contributed by atoms with Crippen LogP contribution in [0.1, 0.15) is 41.6 Å². The van der Waals surface area contributed by atoms with Crippen molar-refractivity contribution in [2.24, 2.45) is 5.73 Å². The van der Waals surface area contributed by atoms with E-state index in [0.717, 1.165) is 25.7 Å². The fourth-order valence-corrected chi connectivity index (χ4v) is 2.68. The molecule has 1 fully saturated rings. The lowest BCUT2D eigenvalue weighted by atomic mass is 9.92. The number of halogens is 1. The minimum absolute atomic E-state index is 0.190. The molecule has 2 atom stereocenters. The molecule has 4 nitrogen and oxygen atoms in total. The zero-order valence-corrected chi connectivity index (χ0v) is 11.9. The lowest BCUT2D eigenvalue weighted by molar-refractivity contribution is 0.0669. The van der Waals surface area contributed by atoms with E-state index in [2.05, 4.69) is 5.32 Å². The number of nitrogens with one attached hydrogen (secondary N) is 1. The molecule has 1 aromatic rings. The number of carbonyl (C=O) groups excluding carboxylic acids is 1. The molecule has 0 radical (unpaired) electrons. The largest absolute Gasteiger partial charge is 0.382 e. The van der Waals surface area contributed by atoms with Gasteiger partial charge in [-0.25, -0.2) is 4.39 Å². The summed E-state index contributed by atoms with van der Waals surface area (Å²) in [4.78, 5) is 11.2. The number of methoxy groups -OCH3 is 1. The number of hydrogen-bond acceptors (Lipinski definition) is 3. The number of carbonyl (C=O) groups is 1. The lowest BCUT2D eigenvalue weighted by Crippen LogP contribution is -2.31. The van der Waals surface area contributed by atoms with Crippen LogP contribution in [0, 0.1) is 12.7 Å². The Labute approximate surface area is 118 Å². The predicted octanol–water partition coefficient (Wildman–Crippen LogP) is 2.60. The Morgan fingerprint density at radius 3 is 2.85 bits per heavy atom. The first kappa shape index (κ1) is 14.8. The van der Waals surface area contributed by atoms with Gasteiger partial charge in [0.25, 0.3) is 0 Å². The summed E-state index contributed by atoms with van der Waals surface area (Å²) >= 11 is 0. The molecule has 2 unspecified atom stereocenters. The molecule has 0 aliphatic heterocycles. The van der Waals surface area contributed by atoms with Gasteiger partial charge in [0.15, 0.2) is 0 Å². The van der Waals surface area contributed by atoms with Gasteiger partial charge in [0.05, 0.1) is 6.10 Å². The van der Waals surface area contributed by atoms with Gasteiger partial charge in [-0.3, -0.25) is 4.79 Å². The summed E-state index contributed by atoms with van der Waals surface area (Å²) in [6.07, 6.45) is 4.28. The highest BCUT2D eigenvalue weighted by atomic mass is 19.1. The van der Waals surface area contributed by atoms with Crippen LogP contribution in [0.5, 0.6) is 0 Å². The molecule has 0 aromatic heterocycles. The summed E-state index contributed by atoms with van der Waals surface area (Å²) in [7, 11) is 1.71. The highest BCUT2D eigenvalue weighted by Gasteiger charge is 2.22. The third-order valence-corrected chi connectivity index (χ3v) is 3.95. The second-order valence-electron chi connectivity index (χ2n) is 5.36. The molecule has 1 aliphatic rings. The molecule has 20 heavy (non-hydrogen) atoms. The Kier molecular flexibility index (Phi) is 4.60. The van der Waals surface area contributed by atoms with Gasteiger partial charge in [0, 0.05) is 30.0 Å². The molecule has 0 heterocycles. The number of rotatable bonds is 4. The third kappa shape index (κ3) is 3.28. The van der Waals surface area contributed by atoms with Crippen LogP contribution in [0.3, 0.4) is 0 Å². The molecule has 0 saturated heterocycles. The van der Waals surface area contributed by atoms with E-state index in [0.29, 0.717) is 11.3 Å². The number of hydrogen-bond donors (Lipinski definition) is 2. The average molecular weight is 280 g/mol. The third-order valence-electron chi connectivity index (χ3n) is 3.95. The van der Waals surface area contributed by atoms with Gasteiger partial charge in [-0.2, -0.15) is 0 Å². The summed E-state index contributed by atoms with van der Waals surface area (Å²) in [6, 6.07) is 3.04. The zero-order valence-electron chi connectivity index (χ0n) is 11.9. The first-order chi connectivity index (χ1) is 9.51. The highest BCUT2D eigenvalue weighted by Crippen LogP contribution is 2.27. The predicted molar refractivity (Wildman–Crippen MR) is 76.3 cm³/mol. The van der Waals surface area contributed by atoms with Crippen molar-refractivity contribution < 1.29 is 13.9 Å². The van der Waals surface area contributed by atoms with Gasteiger partial charge in [0.2, 0.25) is 5.91 Å². The smallest absolute Gasteiger partial charge is 0.248 e. The fraction of sp³-hybridized carbons (Fsp3) is 0.533. The molecule has 1 amide bonds. The fourth-order valence-electron chi connectivity index (χ4n) is 2.68. The zero-order chi connectivity index (χ0) is 14.7. The van der Waals surface area contributed by atoms with E-state index >= 15 is 0 Å². The minimum Gasteiger partial charge on any atom is -0.382 e. The first-order valence-corrected chi connectivity index (χ1v) is 6.90. The van der Waals surface area contributed by atoms with E-state index in [4.69, 9.17) is 10.5 Å². The van der Waals surface area contributed by atoms with Crippen molar-refractivity contribution >= 4 is 11.6 Å². The maximum atomic E-state index is 13.8. The molecule has 3 N–H and O–H groups in total. The molecule has 1 aliphatic carbocycles. The van der Waals surface area contributed by atoms with Crippen LogP contribution < -0.4 is 11.1 Å². The van der Waals surface area contributed by atoms with Crippen molar-refractivity contribution in [1.82, 2.24) is 0 Å². The van der Waals surface area contributed by atoms with Crippen molar-refractivity contribution in [1.29, 1.82) is 0 Å². The molecular weight excluding hydrogens is 259 g/mol. The molecule has 0 spiro atoms. The minimum atomic E-state index is -0.620. The molecule has 1 aromatic carbocycles. The normalized spacial score (nSPS) is 22.6. The quantitative estimate of drug-likeness (QED) is 0.891. The Balaban J connectivity index is 2.18. The van der Waals surface area contributed by atoms with Gasteiger partial charge in [-0.05, 0) is 44.7 Å². The van der Waals surface area contributed by atoms with Crippen LogP contribution in [-0.4, -0.2) is 25.2 Å². The number of primary amides is 1. The molecule has 5 heteroatoms. The van der Waals surface area contributed by atoms with Gasteiger partial charge in [-0.1, -0.05) is 0 Å². The highest BCUT2D eigenvalue weighted by molar-refractivity contribution is 5.94. The standard InChI is InChI=1S/C15H21FN2O2/c1-9-13(16)6-10(15(17)19)7-14(9)18-11-4-3-5-12(8-11)20-2/h6-7,11-12,18H,3-5,8H2,1-2H3,(H2,17,19). The first-order valence-electron chi connectivity index (χ1n) is 6.90. The van der Waals surface area contributed by atoms with E-state index in [-0.39, 0.29) is 17.7 Å². The van der Waals surface area contributed by atoms with E-state index < -0.39 is 11.7 Å². The van der Waals surface area contributed by atoms with Crippen molar-refractivity contribution in [2.45, 2.75) is 44.8 Å². The second-order valence-corrected chi connectivity index (χ2v) is 5.36. The maximum Gasteiger partial charge on any atom is 0.248 e. The van der Waals surface area contributed by atoms with Crippen molar-refractivity contribution in [3.05, 3.63) is 29.1 Å². The van der Waals surface area contributed by atoms with E-state index in [1.807, 2.05) is 0 Å². The molecule has 2 rings (SSSR count). The molecule has 0 bridgehead atoms. The van der Waals surface area contributed by atoms with Crippen LogP contribution in [-0.2, 0) is 4.74 Å². The lowest BCUT2D eigenvalue weighted by Gasteiger charge is -2.30. The number of benzene rings is 1. The van der Waals surface area contributed by atoms with Crippen LogP contribution in [0.15, 0.2) is 12.1 Å². The SMILES string of the molecule is COC1CCCC(Nc2cc(C(N)=O)cc(F)c2C)C1. The van der Waals surface area contributed by atoms with Crippen molar-refractivity contribution in [3.8, 4) is 0 Å². The summed E-state index contributed by atoms with van der Waals surface area (Å²) in [5.74, 6) is -1.03. The Morgan fingerprint density at radius 1 is 1.45 bits per heavy atom. The van der Waals surface area contributed by atoms with Crippen molar-refractivity contribution in [2.75, 3.05) is 12.4 Å². The summed E-state index contributed by atoms with van der Waals surface area (Å²) < 4.78 is 19.2. The van der Waals surface area contributed by atoms with Gasteiger partial charge in [0.1, 0.15) is 5.82 Å². The number of ether oxygens (including phenoxy) is 1. The molecular formula is C15H21FN2O2. The number of nitrogens with two attached hydrogens (primary N) is 1. The van der Waals surface area contributed by atoms with Crippen LogP contribution in [0.25, 0.3) is 0 Å². The topological polar surface area (TPSA) is 64.3 Å². The van der Waals surface area contributed by atoms with Crippen LogP contribution in [0.2, 0.25) is 0 Å². The maximum absolute atomic E-state index is 13.8. The van der Waals surface area contributed by atoms with E-state index in [1.165, 1.54) is 6.07 Å². The summed E-state index contributed by atoms with van der Waals surface area (Å²) in [5.41, 5.74) is 6.56. The Hall–Kier alpha value is -1.62. The van der Waals surface area contributed by atoms with E-state index in [9.17, 15) is 9.18 Å². The summed E-state index contributed by atoms with van der Waals surface area (Å²) in [6.45, 7) is 1.69.